The summed E-state index contributed by atoms with van der Waals surface area (Å²) in [5, 5.41) is 20.1. The minimum atomic E-state index is -0.874. The lowest BCUT2D eigenvalue weighted by atomic mass is 10.1. The lowest BCUT2D eigenvalue weighted by Crippen LogP contribution is -2.29. The highest BCUT2D eigenvalue weighted by molar-refractivity contribution is 5.99. The van der Waals surface area contributed by atoms with Gasteiger partial charge in [0.15, 0.2) is 11.9 Å². The van der Waals surface area contributed by atoms with Gasteiger partial charge in [-0.05, 0) is 26.0 Å². The van der Waals surface area contributed by atoms with Gasteiger partial charge in [0.05, 0.1) is 22.5 Å². The van der Waals surface area contributed by atoms with Crippen molar-refractivity contribution in [1.82, 2.24) is 20.1 Å². The predicted molar refractivity (Wildman–Crippen MR) is 94.2 cm³/mol. The van der Waals surface area contributed by atoms with Gasteiger partial charge in [0.1, 0.15) is 0 Å². The van der Waals surface area contributed by atoms with Gasteiger partial charge in [-0.1, -0.05) is 18.2 Å². The molecule has 8 nitrogen and oxygen atoms in total. The number of benzene rings is 1. The maximum atomic E-state index is 12.2. The number of aryl methyl sites for hydroxylation is 1. The van der Waals surface area contributed by atoms with Crippen LogP contribution in [0.25, 0.3) is 11.0 Å². The summed E-state index contributed by atoms with van der Waals surface area (Å²) in [6, 6.07) is 9.19. The second-order valence-corrected chi connectivity index (χ2v) is 5.81. The van der Waals surface area contributed by atoms with Crippen LogP contribution in [0.5, 0.6) is 0 Å². The number of hydrazine groups is 1. The maximum Gasteiger partial charge on any atom is 0.344 e. The molecular weight excluding hydrogens is 320 g/mol. The van der Waals surface area contributed by atoms with Crippen LogP contribution in [0.2, 0.25) is 0 Å². The molecule has 1 amide bonds. The van der Waals surface area contributed by atoms with Crippen LogP contribution in [0.1, 0.15) is 24.4 Å². The molecule has 0 bridgehead atoms. The molecule has 0 spiro atoms. The standard InChI is InChI=1S/C17H18N6O2/c1-3-18-17(25)23-15-13(10(2)20-23)14-12(9-19-15)16(24)22(21-14)11-7-5-4-6-8-11/h4-9,16,21,24H,3H2,1-2H3,(H,18,25). The molecule has 25 heavy (non-hydrogen) atoms. The number of fused-ring (bicyclic) bond motifs is 3. The highest BCUT2D eigenvalue weighted by Crippen LogP contribution is 2.40. The minimum absolute atomic E-state index is 0.327. The number of hydrogen-bond donors (Lipinski definition) is 3. The summed E-state index contributed by atoms with van der Waals surface area (Å²) in [6.07, 6.45) is 0.705. The Morgan fingerprint density at radius 2 is 2.12 bits per heavy atom. The SMILES string of the molecule is CCNC(=O)n1nc(C)c2c3c(cnc21)C(O)N(c1ccccc1)N3. The molecule has 3 N–H and O–H groups in total. The molecule has 2 aromatic heterocycles. The van der Waals surface area contributed by atoms with E-state index in [1.54, 1.807) is 11.2 Å². The van der Waals surface area contributed by atoms with Gasteiger partial charge in [-0.3, -0.25) is 10.4 Å². The number of carbonyl (C=O) groups is 1. The smallest absolute Gasteiger partial charge is 0.344 e. The lowest BCUT2D eigenvalue weighted by Gasteiger charge is -2.22. The van der Waals surface area contributed by atoms with Gasteiger partial charge in [0.2, 0.25) is 0 Å². The highest BCUT2D eigenvalue weighted by Gasteiger charge is 2.32. The number of nitrogens with one attached hydrogen (secondary N) is 2. The number of hydrogen-bond acceptors (Lipinski definition) is 6. The molecule has 1 aliphatic rings. The van der Waals surface area contributed by atoms with Gasteiger partial charge in [-0.25, -0.2) is 9.78 Å². The van der Waals surface area contributed by atoms with E-state index >= 15 is 0 Å². The monoisotopic (exact) mass is 338 g/mol. The van der Waals surface area contributed by atoms with Crippen LogP contribution < -0.4 is 15.8 Å². The molecule has 128 valence electrons. The second kappa shape index (κ2) is 5.75. The maximum absolute atomic E-state index is 12.2. The summed E-state index contributed by atoms with van der Waals surface area (Å²) >= 11 is 0. The number of anilines is 2. The van der Waals surface area contributed by atoms with Crippen molar-refractivity contribution >= 4 is 28.4 Å². The molecule has 1 aliphatic heterocycles. The molecule has 4 rings (SSSR count). The average Bonchev–Trinajstić information content (AvgIpc) is 3.14. The molecule has 3 aromatic rings. The van der Waals surface area contributed by atoms with Crippen molar-refractivity contribution in [2.75, 3.05) is 17.0 Å². The normalized spacial score (nSPS) is 16.0. The molecule has 0 saturated heterocycles. The molecule has 1 aromatic carbocycles. The first kappa shape index (κ1) is 15.4. The van der Waals surface area contributed by atoms with Crippen molar-refractivity contribution in [3.8, 4) is 0 Å². The number of carbonyl (C=O) groups excluding carboxylic acids is 1. The zero-order chi connectivity index (χ0) is 17.6. The van der Waals surface area contributed by atoms with E-state index in [9.17, 15) is 9.90 Å². The fourth-order valence-corrected chi connectivity index (χ4v) is 3.07. The van der Waals surface area contributed by atoms with E-state index in [0.717, 1.165) is 16.8 Å². The Hall–Kier alpha value is -3.13. The van der Waals surface area contributed by atoms with Crippen molar-refractivity contribution in [3.05, 3.63) is 47.8 Å². The van der Waals surface area contributed by atoms with Crippen molar-refractivity contribution in [2.45, 2.75) is 20.1 Å². The van der Waals surface area contributed by atoms with Gasteiger partial charge >= 0.3 is 6.03 Å². The van der Waals surface area contributed by atoms with Crippen molar-refractivity contribution < 1.29 is 9.90 Å². The van der Waals surface area contributed by atoms with Crippen molar-refractivity contribution in [1.29, 1.82) is 0 Å². The van der Waals surface area contributed by atoms with Crippen LogP contribution >= 0.6 is 0 Å². The molecule has 0 saturated carbocycles. The van der Waals surface area contributed by atoms with E-state index in [1.165, 1.54) is 4.68 Å². The van der Waals surface area contributed by atoms with Gasteiger partial charge in [0, 0.05) is 18.3 Å². The van der Waals surface area contributed by atoms with Crippen molar-refractivity contribution in [3.63, 3.8) is 0 Å². The summed E-state index contributed by atoms with van der Waals surface area (Å²) in [5.74, 6) is 0. The third kappa shape index (κ3) is 2.30. The van der Waals surface area contributed by atoms with Crippen molar-refractivity contribution in [2.24, 2.45) is 0 Å². The van der Waals surface area contributed by atoms with Crippen LogP contribution in [-0.4, -0.2) is 32.4 Å². The third-order valence-corrected chi connectivity index (χ3v) is 4.21. The molecule has 1 unspecified atom stereocenters. The van der Waals surface area contributed by atoms with E-state index in [2.05, 4.69) is 20.8 Å². The summed E-state index contributed by atoms with van der Waals surface area (Å²) < 4.78 is 1.26. The van der Waals surface area contributed by atoms with Crippen LogP contribution in [0, 0.1) is 6.92 Å². The topological polar surface area (TPSA) is 95.3 Å². The Morgan fingerprint density at radius 3 is 2.84 bits per heavy atom. The first-order valence-corrected chi connectivity index (χ1v) is 8.07. The fraction of sp³-hybridized carbons (Fsp3) is 0.235. The van der Waals surface area contributed by atoms with Gasteiger partial charge in [-0.2, -0.15) is 9.78 Å². The van der Waals surface area contributed by atoms with E-state index in [1.807, 2.05) is 44.2 Å². The van der Waals surface area contributed by atoms with Gasteiger partial charge in [0.25, 0.3) is 0 Å². The molecule has 0 aliphatic carbocycles. The summed E-state index contributed by atoms with van der Waals surface area (Å²) in [4.78, 5) is 16.6. The van der Waals surface area contributed by atoms with Gasteiger partial charge in [-0.15, -0.1) is 0 Å². The Kier molecular flexibility index (Phi) is 3.54. The Morgan fingerprint density at radius 1 is 1.36 bits per heavy atom. The number of rotatable bonds is 2. The molecule has 1 atom stereocenters. The molecule has 0 fully saturated rings. The molecule has 0 radical (unpaired) electrons. The minimum Gasteiger partial charge on any atom is -0.368 e. The van der Waals surface area contributed by atoms with Crippen LogP contribution in [0.15, 0.2) is 36.5 Å². The summed E-state index contributed by atoms with van der Waals surface area (Å²) in [5.41, 5.74) is 6.54. The fourth-order valence-electron chi connectivity index (χ4n) is 3.07. The van der Waals surface area contributed by atoms with E-state index in [0.29, 0.717) is 23.4 Å². The number of amides is 1. The second-order valence-electron chi connectivity index (χ2n) is 5.81. The quantitative estimate of drug-likeness (QED) is 0.663. The first-order chi connectivity index (χ1) is 12.1. The molecular formula is C17H18N6O2. The molecule has 3 heterocycles. The number of aliphatic hydroxyl groups excluding tert-OH is 1. The number of pyridine rings is 1. The molecule has 8 heteroatoms. The number of para-hydroxylation sites is 1. The highest BCUT2D eigenvalue weighted by atomic mass is 16.3. The largest absolute Gasteiger partial charge is 0.368 e. The lowest BCUT2D eigenvalue weighted by molar-refractivity contribution is 0.186. The van der Waals surface area contributed by atoms with Crippen LogP contribution in [0.3, 0.4) is 0 Å². The summed E-state index contributed by atoms with van der Waals surface area (Å²) in [6.45, 7) is 4.17. The average molecular weight is 338 g/mol. The first-order valence-electron chi connectivity index (χ1n) is 8.07. The van der Waals surface area contributed by atoms with E-state index < -0.39 is 6.23 Å². The number of aromatic nitrogens is 3. The van der Waals surface area contributed by atoms with Crippen LogP contribution in [-0.2, 0) is 0 Å². The zero-order valence-corrected chi connectivity index (χ0v) is 13.9. The Labute approximate surface area is 144 Å². The van der Waals surface area contributed by atoms with Crippen LogP contribution in [0.4, 0.5) is 16.2 Å². The third-order valence-electron chi connectivity index (χ3n) is 4.21. The Bertz CT molecular complexity index is 953. The summed E-state index contributed by atoms with van der Waals surface area (Å²) in [7, 11) is 0. The number of aliphatic hydroxyl groups is 1. The Balaban J connectivity index is 1.83. The zero-order valence-electron chi connectivity index (χ0n) is 13.9. The van der Waals surface area contributed by atoms with Gasteiger partial charge < -0.3 is 10.4 Å². The number of nitrogens with zero attached hydrogens (tertiary/aromatic N) is 4. The predicted octanol–water partition coefficient (Wildman–Crippen LogP) is 2.16. The van der Waals surface area contributed by atoms with E-state index in [-0.39, 0.29) is 6.03 Å². The van der Waals surface area contributed by atoms with E-state index in [4.69, 9.17) is 0 Å².